The van der Waals surface area contributed by atoms with Crippen LogP contribution in [0, 0.1) is 11.6 Å². The fourth-order valence-electron chi connectivity index (χ4n) is 2.46. The highest BCUT2D eigenvalue weighted by molar-refractivity contribution is 7.14. The number of nitrogens with zero attached hydrogens (tertiary/aromatic N) is 2. The topological polar surface area (TPSA) is 54.5 Å². The van der Waals surface area contributed by atoms with Crippen LogP contribution in [0.25, 0.3) is 11.3 Å². The zero-order valence-corrected chi connectivity index (χ0v) is 13.9. The molecule has 2 heterocycles. The number of hydrogen-bond acceptors (Lipinski definition) is 5. The summed E-state index contributed by atoms with van der Waals surface area (Å²) < 4.78 is 31.6. The van der Waals surface area contributed by atoms with Crippen molar-refractivity contribution in [2.45, 2.75) is 13.0 Å². The second-order valence-corrected chi connectivity index (χ2v) is 6.34. The van der Waals surface area contributed by atoms with Gasteiger partial charge >= 0.3 is 0 Å². The van der Waals surface area contributed by atoms with Crippen molar-refractivity contribution in [2.24, 2.45) is 0 Å². The van der Waals surface area contributed by atoms with E-state index in [9.17, 15) is 13.6 Å². The number of benzene rings is 1. The Labute approximate surface area is 142 Å². The maximum atomic E-state index is 13.3. The van der Waals surface area contributed by atoms with E-state index in [2.05, 4.69) is 10.3 Å². The predicted molar refractivity (Wildman–Crippen MR) is 87.9 cm³/mol. The summed E-state index contributed by atoms with van der Waals surface area (Å²) in [7, 11) is 0. The molecule has 0 aliphatic carbocycles. The van der Waals surface area contributed by atoms with Gasteiger partial charge in [0.05, 0.1) is 24.9 Å². The minimum absolute atomic E-state index is 0.150. The Balaban J connectivity index is 1.66. The van der Waals surface area contributed by atoms with Crippen molar-refractivity contribution >= 4 is 22.4 Å². The van der Waals surface area contributed by atoms with Crippen molar-refractivity contribution in [3.8, 4) is 11.3 Å². The van der Waals surface area contributed by atoms with Crippen molar-refractivity contribution in [2.75, 3.05) is 31.6 Å². The molecule has 8 heteroatoms. The van der Waals surface area contributed by atoms with Crippen LogP contribution in [-0.2, 0) is 9.53 Å². The highest BCUT2D eigenvalue weighted by Gasteiger charge is 2.23. The number of carbonyl (C=O) groups is 1. The summed E-state index contributed by atoms with van der Waals surface area (Å²) in [5.41, 5.74) is 0.958. The van der Waals surface area contributed by atoms with Crippen molar-refractivity contribution in [3.05, 3.63) is 35.2 Å². The van der Waals surface area contributed by atoms with Crippen molar-refractivity contribution < 1.29 is 18.3 Å². The summed E-state index contributed by atoms with van der Waals surface area (Å²) >= 11 is 1.24. The maximum absolute atomic E-state index is 13.3. The molecule has 24 heavy (non-hydrogen) atoms. The Morgan fingerprint density at radius 1 is 1.33 bits per heavy atom. The predicted octanol–water partition coefficient (Wildman–Crippen LogP) is 2.75. The summed E-state index contributed by atoms with van der Waals surface area (Å²) in [6.45, 7) is 4.51. The van der Waals surface area contributed by atoms with E-state index in [1.807, 2.05) is 11.8 Å². The zero-order valence-electron chi connectivity index (χ0n) is 13.1. The Morgan fingerprint density at radius 3 is 2.79 bits per heavy atom. The van der Waals surface area contributed by atoms with E-state index in [0.717, 1.165) is 12.1 Å². The van der Waals surface area contributed by atoms with Crippen molar-refractivity contribution in [3.63, 3.8) is 0 Å². The minimum Gasteiger partial charge on any atom is -0.379 e. The summed E-state index contributed by atoms with van der Waals surface area (Å²) in [6.07, 6.45) is 0. The molecular weight excluding hydrogens is 336 g/mol. The minimum atomic E-state index is -0.924. The van der Waals surface area contributed by atoms with Crippen LogP contribution in [0.4, 0.5) is 13.9 Å². The van der Waals surface area contributed by atoms with Crippen molar-refractivity contribution in [1.29, 1.82) is 0 Å². The summed E-state index contributed by atoms with van der Waals surface area (Å²) in [5.74, 6) is -1.98. The molecule has 5 nitrogen and oxygen atoms in total. The molecule has 1 N–H and O–H groups in total. The first kappa shape index (κ1) is 16.9. The third-order valence-electron chi connectivity index (χ3n) is 3.92. The normalized spacial score (nSPS) is 16.8. The molecule has 0 radical (unpaired) electrons. The van der Waals surface area contributed by atoms with E-state index in [1.165, 1.54) is 17.4 Å². The standard InChI is InChI=1S/C16H17F2N3O2S/c1-10(21-4-6-23-7-5-21)15(22)20-16-19-14(9-24-16)11-2-3-12(17)13(18)8-11/h2-3,8-10H,4-7H2,1H3,(H,19,20,22)/t10-/m1/s1. The van der Waals surface area contributed by atoms with Gasteiger partial charge in [-0.15, -0.1) is 11.3 Å². The van der Waals surface area contributed by atoms with Crippen LogP contribution in [0.15, 0.2) is 23.6 Å². The smallest absolute Gasteiger partial charge is 0.243 e. The summed E-state index contributed by atoms with van der Waals surface area (Å²) in [6, 6.07) is 3.31. The lowest BCUT2D eigenvalue weighted by Gasteiger charge is -2.31. The van der Waals surface area contributed by atoms with Gasteiger partial charge in [0.1, 0.15) is 0 Å². The van der Waals surface area contributed by atoms with E-state index >= 15 is 0 Å². The highest BCUT2D eigenvalue weighted by atomic mass is 32.1. The number of aromatic nitrogens is 1. The fourth-order valence-corrected chi connectivity index (χ4v) is 3.18. The number of nitrogens with one attached hydrogen (secondary N) is 1. The number of thiazole rings is 1. The van der Waals surface area contributed by atoms with Crippen LogP contribution in [0.5, 0.6) is 0 Å². The van der Waals surface area contributed by atoms with E-state index in [4.69, 9.17) is 4.74 Å². The number of carbonyl (C=O) groups excluding carboxylic acids is 1. The number of hydrogen-bond donors (Lipinski definition) is 1. The van der Waals surface area contributed by atoms with Crippen LogP contribution in [0.2, 0.25) is 0 Å². The van der Waals surface area contributed by atoms with E-state index in [-0.39, 0.29) is 11.9 Å². The largest absolute Gasteiger partial charge is 0.379 e. The molecule has 1 atom stereocenters. The SMILES string of the molecule is C[C@H](C(=O)Nc1nc(-c2ccc(F)c(F)c2)cs1)N1CCOCC1. The van der Waals surface area contributed by atoms with Crippen LogP contribution in [0.1, 0.15) is 6.92 Å². The molecule has 1 aromatic heterocycles. The Hall–Kier alpha value is -1.90. The van der Waals surface area contributed by atoms with E-state index in [0.29, 0.717) is 42.7 Å². The number of amides is 1. The number of anilines is 1. The highest BCUT2D eigenvalue weighted by Crippen LogP contribution is 2.26. The van der Waals surface area contributed by atoms with E-state index < -0.39 is 11.6 Å². The first-order chi connectivity index (χ1) is 11.5. The second kappa shape index (κ2) is 7.33. The van der Waals surface area contributed by atoms with Gasteiger partial charge in [-0.2, -0.15) is 0 Å². The van der Waals surface area contributed by atoms with E-state index in [1.54, 1.807) is 5.38 Å². The lowest BCUT2D eigenvalue weighted by atomic mass is 10.2. The Kier molecular flexibility index (Phi) is 5.17. The molecule has 1 aromatic carbocycles. The molecule has 1 aliphatic heterocycles. The number of rotatable bonds is 4. The first-order valence-corrected chi connectivity index (χ1v) is 8.46. The van der Waals surface area contributed by atoms with Crippen LogP contribution < -0.4 is 5.32 Å². The lowest BCUT2D eigenvalue weighted by molar-refractivity contribution is -0.122. The van der Waals surface area contributed by atoms with Gasteiger partial charge in [0.25, 0.3) is 0 Å². The van der Waals surface area contributed by atoms with Gasteiger partial charge in [-0.1, -0.05) is 0 Å². The van der Waals surface area contributed by atoms with Crippen molar-refractivity contribution in [1.82, 2.24) is 9.88 Å². The molecule has 0 unspecified atom stereocenters. The van der Waals surface area contributed by atoms with Crippen LogP contribution >= 0.6 is 11.3 Å². The molecule has 3 rings (SSSR count). The molecule has 1 aliphatic rings. The third-order valence-corrected chi connectivity index (χ3v) is 4.68. The van der Waals surface area contributed by atoms with Gasteiger partial charge in [-0.3, -0.25) is 9.69 Å². The number of halogens is 2. The molecule has 1 amide bonds. The fraction of sp³-hybridized carbons (Fsp3) is 0.375. The molecule has 2 aromatic rings. The average molecular weight is 353 g/mol. The lowest BCUT2D eigenvalue weighted by Crippen LogP contribution is -2.47. The maximum Gasteiger partial charge on any atom is 0.243 e. The Bertz CT molecular complexity index is 732. The number of morpholine rings is 1. The molecule has 0 saturated carbocycles. The molecular formula is C16H17F2N3O2S. The number of ether oxygens (including phenoxy) is 1. The Morgan fingerprint density at radius 2 is 2.08 bits per heavy atom. The third kappa shape index (κ3) is 3.77. The average Bonchev–Trinajstić information content (AvgIpc) is 3.06. The summed E-state index contributed by atoms with van der Waals surface area (Å²) in [4.78, 5) is 18.6. The zero-order chi connectivity index (χ0) is 17.1. The summed E-state index contributed by atoms with van der Waals surface area (Å²) in [5, 5.41) is 4.90. The quantitative estimate of drug-likeness (QED) is 0.918. The van der Waals surface area contributed by atoms with Gasteiger partial charge in [-0.25, -0.2) is 13.8 Å². The van der Waals surface area contributed by atoms with Gasteiger partial charge in [0.15, 0.2) is 16.8 Å². The van der Waals surface area contributed by atoms with Gasteiger partial charge in [-0.05, 0) is 25.1 Å². The second-order valence-electron chi connectivity index (χ2n) is 5.48. The monoisotopic (exact) mass is 353 g/mol. The molecule has 0 spiro atoms. The molecule has 0 bridgehead atoms. The van der Waals surface area contributed by atoms with Crippen LogP contribution in [-0.4, -0.2) is 48.1 Å². The van der Waals surface area contributed by atoms with Gasteiger partial charge in [0.2, 0.25) is 5.91 Å². The molecule has 1 saturated heterocycles. The molecule has 1 fully saturated rings. The molecule has 128 valence electrons. The first-order valence-electron chi connectivity index (χ1n) is 7.58. The van der Waals surface area contributed by atoms with Gasteiger partial charge < -0.3 is 10.1 Å². The van der Waals surface area contributed by atoms with Gasteiger partial charge in [0, 0.05) is 24.0 Å². The van der Waals surface area contributed by atoms with Crippen LogP contribution in [0.3, 0.4) is 0 Å².